The first-order valence-electron chi connectivity index (χ1n) is 6.78. The van der Waals surface area contributed by atoms with Crippen LogP contribution in [0.15, 0.2) is 18.3 Å². The van der Waals surface area contributed by atoms with Crippen molar-refractivity contribution in [3.8, 4) is 5.75 Å². The second-order valence-electron chi connectivity index (χ2n) is 4.61. The van der Waals surface area contributed by atoms with E-state index in [1.54, 1.807) is 18.3 Å². The van der Waals surface area contributed by atoms with E-state index >= 15 is 0 Å². The van der Waals surface area contributed by atoms with Gasteiger partial charge in [-0.25, -0.2) is 4.79 Å². The molecule has 0 aliphatic carbocycles. The number of halogens is 1. The van der Waals surface area contributed by atoms with Crippen LogP contribution in [0.4, 0.5) is 4.79 Å². The normalized spacial score (nSPS) is 10.9. The minimum atomic E-state index is -0.477. The molecule has 1 heterocycles. The Morgan fingerprint density at radius 1 is 1.48 bits per heavy atom. The number of ether oxygens (including phenoxy) is 2. The maximum absolute atomic E-state index is 12.1. The van der Waals surface area contributed by atoms with Crippen molar-refractivity contribution in [1.29, 1.82) is 0 Å². The fraction of sp³-hybridized carbons (Fsp3) is 0.400. The molecule has 0 aliphatic heterocycles. The van der Waals surface area contributed by atoms with Crippen molar-refractivity contribution >= 4 is 28.6 Å². The van der Waals surface area contributed by atoms with Crippen LogP contribution in [0.1, 0.15) is 25.3 Å². The number of aliphatic hydroxyl groups is 1. The van der Waals surface area contributed by atoms with E-state index in [1.165, 1.54) is 11.7 Å². The molecule has 0 atom stereocenters. The van der Waals surface area contributed by atoms with Crippen LogP contribution >= 0.6 is 11.6 Å². The number of unbranched alkanes of at least 4 members (excludes halogenated alkanes) is 1. The van der Waals surface area contributed by atoms with E-state index in [0.29, 0.717) is 33.8 Å². The number of carbonyl (C=O) groups is 1. The number of nitrogens with zero attached hydrogens (tertiary/aromatic N) is 1. The zero-order valence-corrected chi connectivity index (χ0v) is 12.8. The first kappa shape index (κ1) is 15.7. The molecule has 0 amide bonds. The first-order chi connectivity index (χ1) is 10.1. The van der Waals surface area contributed by atoms with Crippen molar-refractivity contribution in [2.45, 2.75) is 26.4 Å². The summed E-state index contributed by atoms with van der Waals surface area (Å²) in [4.78, 5) is 12.1. The number of fused-ring (bicyclic) bond motifs is 1. The Hall–Kier alpha value is -1.72. The van der Waals surface area contributed by atoms with Gasteiger partial charge in [0.2, 0.25) is 0 Å². The summed E-state index contributed by atoms with van der Waals surface area (Å²) >= 11 is 6.23. The van der Waals surface area contributed by atoms with Gasteiger partial charge in [-0.15, -0.1) is 0 Å². The molecule has 0 aliphatic rings. The summed E-state index contributed by atoms with van der Waals surface area (Å²) in [6.07, 6.45) is 2.87. The fourth-order valence-electron chi connectivity index (χ4n) is 2.19. The van der Waals surface area contributed by atoms with Crippen molar-refractivity contribution < 1.29 is 19.4 Å². The van der Waals surface area contributed by atoms with Crippen molar-refractivity contribution in [1.82, 2.24) is 4.57 Å². The smallest absolute Gasteiger partial charge is 0.418 e. The second-order valence-corrected chi connectivity index (χ2v) is 5.02. The molecule has 0 saturated carbocycles. The second kappa shape index (κ2) is 6.83. The lowest BCUT2D eigenvalue weighted by molar-refractivity contribution is 0.147. The highest BCUT2D eigenvalue weighted by atomic mass is 35.5. The number of carbonyl (C=O) groups excluding carboxylic acids is 1. The van der Waals surface area contributed by atoms with Crippen molar-refractivity contribution in [3.63, 3.8) is 0 Å². The van der Waals surface area contributed by atoms with E-state index in [2.05, 4.69) is 0 Å². The maximum atomic E-state index is 12.1. The van der Waals surface area contributed by atoms with Gasteiger partial charge < -0.3 is 14.6 Å². The molecular formula is C15H18ClNO4. The van der Waals surface area contributed by atoms with E-state index in [1.807, 2.05) is 6.92 Å². The van der Waals surface area contributed by atoms with Crippen molar-refractivity contribution in [2.24, 2.45) is 0 Å². The number of hydrogen-bond acceptors (Lipinski definition) is 4. The molecule has 1 aromatic carbocycles. The van der Waals surface area contributed by atoms with Gasteiger partial charge in [-0.05, 0) is 12.5 Å². The third-order valence-corrected chi connectivity index (χ3v) is 3.58. The lowest BCUT2D eigenvalue weighted by Gasteiger charge is -2.11. The standard InChI is InChI=1S/C15H18ClNO4/c1-3-4-7-21-15(19)17-6-5-10-11(9-18)13(20-2)8-12(16)14(10)17/h5-6,8,18H,3-4,7,9H2,1-2H3. The van der Waals surface area contributed by atoms with E-state index in [4.69, 9.17) is 21.1 Å². The van der Waals surface area contributed by atoms with Crippen LogP contribution in [0.2, 0.25) is 5.02 Å². The molecule has 0 fully saturated rings. The number of rotatable bonds is 5. The van der Waals surface area contributed by atoms with E-state index < -0.39 is 6.09 Å². The number of aromatic nitrogens is 1. The third kappa shape index (κ3) is 2.99. The predicted molar refractivity (Wildman–Crippen MR) is 81.1 cm³/mol. The third-order valence-electron chi connectivity index (χ3n) is 3.29. The summed E-state index contributed by atoms with van der Waals surface area (Å²) in [5.74, 6) is 0.493. The van der Waals surface area contributed by atoms with Crippen LogP contribution in [0.3, 0.4) is 0 Å². The fourth-order valence-corrected chi connectivity index (χ4v) is 2.49. The van der Waals surface area contributed by atoms with Crippen LogP contribution in [0, 0.1) is 0 Å². The molecular weight excluding hydrogens is 294 g/mol. The van der Waals surface area contributed by atoms with Gasteiger partial charge in [0.25, 0.3) is 0 Å². The van der Waals surface area contributed by atoms with Gasteiger partial charge in [-0.1, -0.05) is 24.9 Å². The largest absolute Gasteiger partial charge is 0.496 e. The number of benzene rings is 1. The van der Waals surface area contributed by atoms with Crippen LogP contribution in [-0.2, 0) is 11.3 Å². The first-order valence-corrected chi connectivity index (χ1v) is 7.16. The number of methoxy groups -OCH3 is 1. The SMILES string of the molecule is CCCCOC(=O)n1ccc2c(CO)c(OC)cc(Cl)c21. The minimum absolute atomic E-state index is 0.203. The van der Waals surface area contributed by atoms with Gasteiger partial charge in [0.05, 0.1) is 30.9 Å². The summed E-state index contributed by atoms with van der Waals surface area (Å²) in [5, 5.41) is 10.6. The molecule has 114 valence electrons. The highest BCUT2D eigenvalue weighted by molar-refractivity contribution is 6.35. The molecule has 6 heteroatoms. The molecule has 0 saturated heterocycles. The van der Waals surface area contributed by atoms with Crippen molar-refractivity contribution in [3.05, 3.63) is 28.9 Å². The molecule has 0 unspecified atom stereocenters. The zero-order valence-electron chi connectivity index (χ0n) is 12.1. The van der Waals surface area contributed by atoms with Gasteiger partial charge in [-0.2, -0.15) is 0 Å². The Balaban J connectivity index is 2.46. The summed E-state index contributed by atoms with van der Waals surface area (Å²) in [6, 6.07) is 3.31. The number of hydrogen-bond donors (Lipinski definition) is 1. The van der Waals surface area contributed by atoms with Crippen LogP contribution in [0.5, 0.6) is 5.75 Å². The molecule has 2 rings (SSSR count). The lowest BCUT2D eigenvalue weighted by atomic mass is 10.1. The van der Waals surface area contributed by atoms with Gasteiger partial charge in [0, 0.05) is 23.2 Å². The Morgan fingerprint density at radius 2 is 2.24 bits per heavy atom. The predicted octanol–water partition coefficient (Wildman–Crippen LogP) is 3.58. The van der Waals surface area contributed by atoms with E-state index in [-0.39, 0.29) is 6.61 Å². The van der Waals surface area contributed by atoms with E-state index in [0.717, 1.165) is 12.8 Å². The topological polar surface area (TPSA) is 60.7 Å². The Morgan fingerprint density at radius 3 is 2.86 bits per heavy atom. The quantitative estimate of drug-likeness (QED) is 0.857. The average Bonchev–Trinajstić information content (AvgIpc) is 2.92. The number of aliphatic hydroxyl groups excluding tert-OH is 1. The summed E-state index contributed by atoms with van der Waals surface area (Å²) in [5.41, 5.74) is 1.11. The molecule has 0 spiro atoms. The lowest BCUT2D eigenvalue weighted by Crippen LogP contribution is -2.13. The van der Waals surface area contributed by atoms with Gasteiger partial charge >= 0.3 is 6.09 Å². The molecule has 21 heavy (non-hydrogen) atoms. The highest BCUT2D eigenvalue weighted by Gasteiger charge is 2.18. The Kier molecular flexibility index (Phi) is 5.09. The summed E-state index contributed by atoms with van der Waals surface area (Å²) in [6.45, 7) is 2.19. The monoisotopic (exact) mass is 311 g/mol. The highest BCUT2D eigenvalue weighted by Crippen LogP contribution is 2.35. The summed E-state index contributed by atoms with van der Waals surface area (Å²) < 4.78 is 11.7. The minimum Gasteiger partial charge on any atom is -0.496 e. The van der Waals surface area contributed by atoms with Gasteiger partial charge in [-0.3, -0.25) is 4.57 Å². The Labute approximate surface area is 128 Å². The average molecular weight is 312 g/mol. The van der Waals surface area contributed by atoms with Gasteiger partial charge in [0.1, 0.15) is 5.75 Å². The van der Waals surface area contributed by atoms with E-state index in [9.17, 15) is 9.90 Å². The van der Waals surface area contributed by atoms with Crippen molar-refractivity contribution in [2.75, 3.05) is 13.7 Å². The molecule has 1 N–H and O–H groups in total. The molecule has 0 bridgehead atoms. The van der Waals surface area contributed by atoms with Gasteiger partial charge in [0.15, 0.2) is 0 Å². The zero-order chi connectivity index (χ0) is 15.4. The molecule has 2 aromatic rings. The molecule has 5 nitrogen and oxygen atoms in total. The molecule has 1 aromatic heterocycles. The van der Waals surface area contributed by atoms with Crippen LogP contribution in [-0.4, -0.2) is 29.5 Å². The Bertz CT molecular complexity index is 651. The van der Waals surface area contributed by atoms with Crippen LogP contribution < -0.4 is 4.74 Å². The molecule has 0 radical (unpaired) electrons. The van der Waals surface area contributed by atoms with Crippen LogP contribution in [0.25, 0.3) is 10.9 Å². The maximum Gasteiger partial charge on any atom is 0.418 e. The summed E-state index contributed by atoms with van der Waals surface area (Å²) in [7, 11) is 1.51.